The molecule has 0 bridgehead atoms. The molecule has 110 valence electrons. The predicted octanol–water partition coefficient (Wildman–Crippen LogP) is 1.52. The zero-order chi connectivity index (χ0) is 14.2. The molecule has 0 aliphatic carbocycles. The second-order valence-corrected chi connectivity index (χ2v) is 7.42. The summed E-state index contributed by atoms with van der Waals surface area (Å²) < 4.78 is 22.3. The molecule has 0 fully saturated rings. The highest BCUT2D eigenvalue weighted by Gasteiger charge is 2.12. The van der Waals surface area contributed by atoms with Crippen molar-refractivity contribution in [1.82, 2.24) is 10.2 Å². The molecule has 2 unspecified atom stereocenters. The second kappa shape index (κ2) is 8.88. The SMILES string of the molecule is CCN(CC)CCCC(C)NC(C)CS(C)(=O)=O. The zero-order valence-corrected chi connectivity index (χ0v) is 13.4. The minimum Gasteiger partial charge on any atom is -0.311 e. The summed E-state index contributed by atoms with van der Waals surface area (Å²) in [6.45, 7) is 11.7. The Morgan fingerprint density at radius 3 is 2.11 bits per heavy atom. The fourth-order valence-corrected chi connectivity index (χ4v) is 3.24. The van der Waals surface area contributed by atoms with Crippen LogP contribution in [0.2, 0.25) is 0 Å². The van der Waals surface area contributed by atoms with Crippen LogP contribution in [0.5, 0.6) is 0 Å². The summed E-state index contributed by atoms with van der Waals surface area (Å²) in [5.74, 6) is 0.216. The first-order valence-corrected chi connectivity index (χ1v) is 9.00. The lowest BCUT2D eigenvalue weighted by Crippen LogP contribution is -2.39. The van der Waals surface area contributed by atoms with Crippen LogP contribution >= 0.6 is 0 Å². The van der Waals surface area contributed by atoms with Gasteiger partial charge in [-0.3, -0.25) is 0 Å². The van der Waals surface area contributed by atoms with Crippen LogP contribution in [0, 0.1) is 0 Å². The van der Waals surface area contributed by atoms with Crippen LogP contribution in [0.1, 0.15) is 40.5 Å². The van der Waals surface area contributed by atoms with Crippen molar-refractivity contribution in [2.75, 3.05) is 31.6 Å². The number of sulfone groups is 1. The van der Waals surface area contributed by atoms with Gasteiger partial charge in [0.2, 0.25) is 0 Å². The number of nitrogens with one attached hydrogen (secondary N) is 1. The summed E-state index contributed by atoms with van der Waals surface area (Å²) in [5.41, 5.74) is 0. The first-order chi connectivity index (χ1) is 8.28. The Kier molecular flexibility index (Phi) is 8.82. The molecular weight excluding hydrogens is 248 g/mol. The minimum atomic E-state index is -2.88. The molecule has 2 atom stereocenters. The second-order valence-electron chi connectivity index (χ2n) is 5.23. The molecule has 0 amide bonds. The molecule has 0 heterocycles. The van der Waals surface area contributed by atoms with Gasteiger partial charge in [0.25, 0.3) is 0 Å². The van der Waals surface area contributed by atoms with Crippen LogP contribution in [0.25, 0.3) is 0 Å². The summed E-state index contributed by atoms with van der Waals surface area (Å²) in [7, 11) is -2.88. The Morgan fingerprint density at radius 2 is 1.67 bits per heavy atom. The van der Waals surface area contributed by atoms with Gasteiger partial charge in [0, 0.05) is 18.3 Å². The molecule has 0 aliphatic rings. The summed E-state index contributed by atoms with van der Waals surface area (Å²) in [4.78, 5) is 2.41. The van der Waals surface area contributed by atoms with Crippen molar-refractivity contribution in [3.05, 3.63) is 0 Å². The van der Waals surface area contributed by atoms with Gasteiger partial charge < -0.3 is 10.2 Å². The largest absolute Gasteiger partial charge is 0.311 e. The van der Waals surface area contributed by atoms with Crippen LogP contribution in [-0.4, -0.2) is 57.0 Å². The Balaban J connectivity index is 3.80. The molecule has 0 radical (unpaired) electrons. The van der Waals surface area contributed by atoms with Crippen LogP contribution in [0.15, 0.2) is 0 Å². The fourth-order valence-electron chi connectivity index (χ4n) is 2.23. The van der Waals surface area contributed by atoms with Gasteiger partial charge in [-0.2, -0.15) is 0 Å². The smallest absolute Gasteiger partial charge is 0.148 e. The van der Waals surface area contributed by atoms with E-state index in [4.69, 9.17) is 0 Å². The van der Waals surface area contributed by atoms with E-state index in [2.05, 4.69) is 31.0 Å². The van der Waals surface area contributed by atoms with E-state index in [0.717, 1.165) is 32.5 Å². The molecule has 0 aromatic rings. The summed E-state index contributed by atoms with van der Waals surface area (Å²) in [5, 5.41) is 3.35. The van der Waals surface area contributed by atoms with Crippen LogP contribution in [0.4, 0.5) is 0 Å². The average Bonchev–Trinajstić information content (AvgIpc) is 2.21. The lowest BCUT2D eigenvalue weighted by Gasteiger charge is -2.22. The van der Waals surface area contributed by atoms with Crippen molar-refractivity contribution in [3.63, 3.8) is 0 Å². The topological polar surface area (TPSA) is 49.4 Å². The van der Waals surface area contributed by atoms with E-state index in [0.29, 0.717) is 6.04 Å². The molecule has 0 saturated carbocycles. The third-order valence-electron chi connectivity index (χ3n) is 3.13. The van der Waals surface area contributed by atoms with E-state index in [9.17, 15) is 8.42 Å². The standard InChI is InChI=1S/C13H30N2O2S/c1-6-15(7-2)10-8-9-12(3)14-13(4)11-18(5,16)17/h12-14H,6-11H2,1-5H3. The minimum absolute atomic E-state index is 0.0310. The molecule has 1 N–H and O–H groups in total. The Hall–Kier alpha value is -0.130. The molecule has 0 aromatic heterocycles. The normalized spacial score (nSPS) is 15.9. The van der Waals surface area contributed by atoms with Crippen molar-refractivity contribution < 1.29 is 8.42 Å². The van der Waals surface area contributed by atoms with E-state index < -0.39 is 9.84 Å². The Bertz CT molecular complexity index is 300. The highest BCUT2D eigenvalue weighted by molar-refractivity contribution is 7.90. The van der Waals surface area contributed by atoms with E-state index >= 15 is 0 Å². The Morgan fingerprint density at radius 1 is 1.11 bits per heavy atom. The maximum atomic E-state index is 11.2. The summed E-state index contributed by atoms with van der Waals surface area (Å²) in [6.07, 6.45) is 3.53. The number of rotatable bonds is 10. The maximum absolute atomic E-state index is 11.2. The van der Waals surface area contributed by atoms with E-state index in [1.54, 1.807) is 0 Å². The van der Waals surface area contributed by atoms with Gasteiger partial charge in [0.15, 0.2) is 0 Å². The third kappa shape index (κ3) is 9.85. The van der Waals surface area contributed by atoms with E-state index in [1.165, 1.54) is 6.26 Å². The number of nitrogens with zero attached hydrogens (tertiary/aromatic N) is 1. The highest BCUT2D eigenvalue weighted by Crippen LogP contribution is 2.01. The Labute approximate surface area is 113 Å². The van der Waals surface area contributed by atoms with Crippen molar-refractivity contribution in [2.24, 2.45) is 0 Å². The first-order valence-electron chi connectivity index (χ1n) is 6.94. The molecule has 0 rings (SSSR count). The average molecular weight is 278 g/mol. The molecule has 0 aliphatic heterocycles. The van der Waals surface area contributed by atoms with Gasteiger partial charge in [-0.25, -0.2) is 8.42 Å². The molecule has 0 saturated heterocycles. The van der Waals surface area contributed by atoms with Crippen LogP contribution in [0.3, 0.4) is 0 Å². The van der Waals surface area contributed by atoms with Crippen molar-refractivity contribution in [2.45, 2.75) is 52.6 Å². The van der Waals surface area contributed by atoms with Gasteiger partial charge in [-0.05, 0) is 46.3 Å². The molecule has 4 nitrogen and oxygen atoms in total. The van der Waals surface area contributed by atoms with Crippen molar-refractivity contribution in [1.29, 1.82) is 0 Å². The van der Waals surface area contributed by atoms with E-state index in [1.807, 2.05) is 6.92 Å². The first kappa shape index (κ1) is 17.9. The number of hydrogen-bond donors (Lipinski definition) is 1. The lowest BCUT2D eigenvalue weighted by atomic mass is 10.1. The van der Waals surface area contributed by atoms with Gasteiger partial charge in [0.1, 0.15) is 9.84 Å². The molecular formula is C13H30N2O2S. The van der Waals surface area contributed by atoms with Crippen LogP contribution < -0.4 is 5.32 Å². The molecule has 5 heteroatoms. The van der Waals surface area contributed by atoms with Crippen molar-refractivity contribution >= 4 is 9.84 Å². The quantitative estimate of drug-likeness (QED) is 0.658. The predicted molar refractivity (Wildman–Crippen MR) is 78.8 cm³/mol. The fraction of sp³-hybridized carbons (Fsp3) is 1.00. The monoisotopic (exact) mass is 278 g/mol. The van der Waals surface area contributed by atoms with Gasteiger partial charge in [-0.1, -0.05) is 13.8 Å². The molecule has 18 heavy (non-hydrogen) atoms. The third-order valence-corrected chi connectivity index (χ3v) is 4.23. The number of hydrogen-bond acceptors (Lipinski definition) is 4. The van der Waals surface area contributed by atoms with Gasteiger partial charge in [0.05, 0.1) is 5.75 Å². The lowest BCUT2D eigenvalue weighted by molar-refractivity contribution is 0.289. The van der Waals surface area contributed by atoms with Crippen LogP contribution in [-0.2, 0) is 9.84 Å². The van der Waals surface area contributed by atoms with Gasteiger partial charge in [-0.15, -0.1) is 0 Å². The summed E-state index contributed by atoms with van der Waals surface area (Å²) in [6, 6.07) is 0.403. The van der Waals surface area contributed by atoms with Gasteiger partial charge >= 0.3 is 0 Å². The highest BCUT2D eigenvalue weighted by atomic mass is 32.2. The van der Waals surface area contributed by atoms with E-state index in [-0.39, 0.29) is 11.8 Å². The maximum Gasteiger partial charge on any atom is 0.148 e. The zero-order valence-electron chi connectivity index (χ0n) is 12.6. The van der Waals surface area contributed by atoms with Crippen molar-refractivity contribution in [3.8, 4) is 0 Å². The molecule has 0 aromatic carbocycles. The molecule has 0 spiro atoms. The summed E-state index contributed by atoms with van der Waals surface area (Å²) >= 11 is 0.